The van der Waals surface area contributed by atoms with Crippen molar-refractivity contribution in [3.8, 4) is 11.5 Å². The quantitative estimate of drug-likeness (QED) is 0.405. The number of pyridine rings is 1. The number of hydrogen-bond donors (Lipinski definition) is 3. The number of fused-ring (bicyclic) bond motifs is 2. The zero-order valence-electron chi connectivity index (χ0n) is 23.6. The van der Waals surface area contributed by atoms with Crippen molar-refractivity contribution >= 4 is 41.6 Å². The first kappa shape index (κ1) is 30.7. The van der Waals surface area contributed by atoms with Crippen LogP contribution in [0.4, 0.5) is 5.69 Å². The second-order valence-electron chi connectivity index (χ2n) is 10.8. The minimum atomic E-state index is -0.930. The lowest BCUT2D eigenvalue weighted by Gasteiger charge is -2.37. The van der Waals surface area contributed by atoms with Crippen LogP contribution in [-0.4, -0.2) is 78.4 Å². The van der Waals surface area contributed by atoms with Crippen molar-refractivity contribution in [1.29, 1.82) is 5.41 Å². The fourth-order valence-electron chi connectivity index (χ4n) is 4.89. The maximum Gasteiger partial charge on any atom is 0.307 e. The van der Waals surface area contributed by atoms with Crippen molar-refractivity contribution in [1.82, 2.24) is 15.2 Å². The number of anilines is 1. The first-order valence-corrected chi connectivity index (χ1v) is 12.9. The average molecular weight is 574 g/mol. The highest BCUT2D eigenvalue weighted by atomic mass is 35.5. The molecule has 3 N–H and O–H groups in total. The molecule has 1 aromatic carbocycles. The van der Waals surface area contributed by atoms with Crippen LogP contribution in [0.15, 0.2) is 18.2 Å². The summed E-state index contributed by atoms with van der Waals surface area (Å²) in [6, 6.07) is 5.29. The Morgan fingerprint density at radius 2 is 1.95 bits per heavy atom. The molecule has 12 heteroatoms. The summed E-state index contributed by atoms with van der Waals surface area (Å²) in [5.41, 5.74) is 2.80. The zero-order chi connectivity index (χ0) is 28.6. The van der Waals surface area contributed by atoms with Crippen molar-refractivity contribution < 1.29 is 29.0 Å². The molecule has 0 saturated heterocycles. The van der Waals surface area contributed by atoms with Gasteiger partial charge >= 0.3 is 5.97 Å². The Morgan fingerprint density at radius 3 is 2.55 bits per heavy atom. The van der Waals surface area contributed by atoms with Crippen LogP contribution in [0.1, 0.15) is 71.8 Å². The van der Waals surface area contributed by atoms with Crippen molar-refractivity contribution in [2.45, 2.75) is 52.2 Å². The van der Waals surface area contributed by atoms with Crippen molar-refractivity contribution in [3.63, 3.8) is 0 Å². The van der Waals surface area contributed by atoms with Gasteiger partial charge in [0, 0.05) is 37.3 Å². The lowest BCUT2D eigenvalue weighted by Crippen LogP contribution is -2.40. The maximum absolute atomic E-state index is 13.6. The van der Waals surface area contributed by atoms with Crippen LogP contribution in [-0.2, 0) is 16.8 Å². The van der Waals surface area contributed by atoms with Crippen molar-refractivity contribution in [2.75, 3.05) is 38.7 Å². The van der Waals surface area contributed by atoms with E-state index in [2.05, 4.69) is 10.3 Å². The number of carbonyl (C=O) groups is 3. The molecule has 0 spiro atoms. The van der Waals surface area contributed by atoms with E-state index in [1.165, 1.54) is 7.05 Å². The van der Waals surface area contributed by atoms with Gasteiger partial charge in [-0.05, 0) is 30.5 Å². The van der Waals surface area contributed by atoms with Crippen LogP contribution in [0.2, 0.25) is 0 Å². The molecule has 2 aliphatic heterocycles. The highest BCUT2D eigenvalue weighted by Crippen LogP contribution is 2.43. The molecular weight excluding hydrogens is 538 g/mol. The molecule has 2 aliphatic rings. The van der Waals surface area contributed by atoms with Gasteiger partial charge in [0.25, 0.3) is 5.91 Å². The van der Waals surface area contributed by atoms with Crippen molar-refractivity contribution in [2.24, 2.45) is 0 Å². The molecule has 0 aliphatic carbocycles. The van der Waals surface area contributed by atoms with E-state index in [0.29, 0.717) is 41.5 Å². The van der Waals surface area contributed by atoms with Gasteiger partial charge in [0.05, 0.1) is 31.8 Å². The lowest BCUT2D eigenvalue weighted by molar-refractivity contribution is -0.138. The maximum atomic E-state index is 13.6. The zero-order valence-corrected chi connectivity index (χ0v) is 24.4. The number of rotatable bonds is 8. The Balaban J connectivity index is 0.00000441. The normalized spacial score (nSPS) is 15.9. The topological polar surface area (TPSA) is 145 Å². The number of halogens is 1. The molecule has 2 aromatic rings. The Kier molecular flexibility index (Phi) is 8.98. The fraction of sp³-hybridized carbons (Fsp3) is 0.464. The number of likely N-dealkylation sites (N-methyl/N-ethyl adjacent to an activating group) is 1. The summed E-state index contributed by atoms with van der Waals surface area (Å²) in [5.74, 6) is -0.527. The molecule has 3 heterocycles. The van der Waals surface area contributed by atoms with Gasteiger partial charge in [-0.3, -0.25) is 19.8 Å². The van der Waals surface area contributed by atoms with Gasteiger partial charge in [-0.25, -0.2) is 4.98 Å². The average Bonchev–Trinajstić information content (AvgIpc) is 3.15. The number of carboxylic acids is 1. The van der Waals surface area contributed by atoms with Crippen molar-refractivity contribution in [3.05, 3.63) is 46.3 Å². The third-order valence-corrected chi connectivity index (χ3v) is 6.82. The van der Waals surface area contributed by atoms with E-state index in [-0.39, 0.29) is 54.6 Å². The second-order valence-corrected chi connectivity index (χ2v) is 10.8. The first-order valence-electron chi connectivity index (χ1n) is 12.9. The summed E-state index contributed by atoms with van der Waals surface area (Å²) in [5, 5.41) is 20.5. The molecule has 1 aromatic heterocycles. The number of nitrogens with one attached hydrogen (secondary N) is 2. The van der Waals surface area contributed by atoms with Gasteiger partial charge in [-0.1, -0.05) is 20.8 Å². The molecule has 1 amide bonds. The largest absolute Gasteiger partial charge is 0.491 e. The van der Waals surface area contributed by atoms with Gasteiger partial charge in [-0.15, -0.1) is 12.4 Å². The molecule has 4 rings (SSSR count). The molecule has 1 unspecified atom stereocenters. The Morgan fingerprint density at radius 1 is 1.25 bits per heavy atom. The Labute approximate surface area is 239 Å². The number of carbonyl (C=O) groups excluding carboxylic acids is 2. The summed E-state index contributed by atoms with van der Waals surface area (Å²) in [6.45, 7) is 8.83. The van der Waals surface area contributed by atoms with E-state index in [4.69, 9.17) is 14.9 Å². The van der Waals surface area contributed by atoms with Crippen LogP contribution in [0.5, 0.6) is 11.5 Å². The first-order chi connectivity index (χ1) is 18.3. The molecule has 0 bridgehead atoms. The minimum absolute atomic E-state index is 0. The number of ether oxygens (including phenoxy) is 2. The number of benzene rings is 1. The van der Waals surface area contributed by atoms with Gasteiger partial charge < -0.3 is 29.7 Å². The number of aromatic nitrogens is 1. The highest BCUT2D eigenvalue weighted by molar-refractivity contribution is 6.06. The summed E-state index contributed by atoms with van der Waals surface area (Å²) in [6.07, 6.45) is -0.619. The molecule has 0 radical (unpaired) electrons. The standard InChI is InChI=1S/C28H35N5O6.ClH/c1-7-38-21-10-16-12-33(26(29)23(16)31-24(21)27(37)30-5)14-20(34)15-8-18(28(2,3)4)25-19(9-15)32(6)13-17(39-25)11-22(35)36;/h8-10,17,29H,7,11-14H2,1-6H3,(H,30,37)(H,35,36);1H. The summed E-state index contributed by atoms with van der Waals surface area (Å²) >= 11 is 0. The Hall–Kier alpha value is -3.86. The van der Waals surface area contributed by atoms with Crippen LogP contribution in [0.3, 0.4) is 0 Å². The number of Topliss-reactive ketones (excluding diaryl/α,β-unsaturated/α-hetero) is 1. The number of aliphatic carboxylic acids is 1. The molecule has 216 valence electrons. The minimum Gasteiger partial charge on any atom is -0.491 e. The second kappa shape index (κ2) is 11.7. The predicted molar refractivity (Wildman–Crippen MR) is 153 cm³/mol. The van der Waals surface area contributed by atoms with Gasteiger partial charge in [0.2, 0.25) is 0 Å². The lowest BCUT2D eigenvalue weighted by atomic mass is 9.83. The van der Waals surface area contributed by atoms with E-state index >= 15 is 0 Å². The molecule has 0 fully saturated rings. The third-order valence-electron chi connectivity index (χ3n) is 6.82. The summed E-state index contributed by atoms with van der Waals surface area (Å²) < 4.78 is 11.8. The van der Waals surface area contributed by atoms with E-state index in [1.807, 2.05) is 39.6 Å². The summed E-state index contributed by atoms with van der Waals surface area (Å²) in [4.78, 5) is 45.2. The summed E-state index contributed by atoms with van der Waals surface area (Å²) in [7, 11) is 3.36. The number of amidine groups is 1. The predicted octanol–water partition coefficient (Wildman–Crippen LogP) is 3.25. The fourth-order valence-corrected chi connectivity index (χ4v) is 4.89. The SMILES string of the molecule is CCOc1cc2c(nc1C(=O)NC)C(=N)N(CC(=O)c1cc3c(c(C(C)(C)C)c1)OC(CC(=O)O)CN3C)C2.Cl. The molecule has 40 heavy (non-hydrogen) atoms. The number of carboxylic acid groups (broad SMARTS) is 1. The number of nitrogens with zero attached hydrogens (tertiary/aromatic N) is 3. The van der Waals surface area contributed by atoms with Crippen LogP contribution in [0.25, 0.3) is 0 Å². The van der Waals surface area contributed by atoms with Crippen LogP contribution < -0.4 is 19.7 Å². The Bertz CT molecular complexity index is 1360. The van der Waals surface area contributed by atoms with E-state index < -0.39 is 18.0 Å². The number of ketones is 1. The van der Waals surface area contributed by atoms with E-state index in [0.717, 1.165) is 11.3 Å². The van der Waals surface area contributed by atoms with Gasteiger partial charge in [0.15, 0.2) is 17.2 Å². The number of hydrogen-bond acceptors (Lipinski definition) is 8. The number of amides is 1. The smallest absolute Gasteiger partial charge is 0.307 e. The van der Waals surface area contributed by atoms with E-state index in [1.54, 1.807) is 23.1 Å². The van der Waals surface area contributed by atoms with Gasteiger partial charge in [-0.2, -0.15) is 0 Å². The third kappa shape index (κ3) is 5.99. The van der Waals surface area contributed by atoms with E-state index in [9.17, 15) is 19.5 Å². The monoisotopic (exact) mass is 573 g/mol. The molecule has 11 nitrogen and oxygen atoms in total. The van der Waals surface area contributed by atoms with Crippen LogP contribution >= 0.6 is 12.4 Å². The van der Waals surface area contributed by atoms with Crippen LogP contribution in [0, 0.1) is 5.41 Å². The van der Waals surface area contributed by atoms with Gasteiger partial charge in [0.1, 0.15) is 23.4 Å². The molecular formula is C28H36ClN5O6. The molecule has 1 atom stereocenters. The molecule has 0 saturated carbocycles. The highest BCUT2D eigenvalue weighted by Gasteiger charge is 2.34.